The number of halogens is 3. The van der Waals surface area contributed by atoms with E-state index in [2.05, 4.69) is 16.7 Å². The SMILES string of the molecule is C=CCCOc1ccc(-c2noc([C@@H]3CCCN3C(=N)N)n2)cc1C(F)(F)F. The first-order valence-corrected chi connectivity index (χ1v) is 8.71. The summed E-state index contributed by atoms with van der Waals surface area (Å²) in [5.41, 5.74) is 4.80. The van der Waals surface area contributed by atoms with Gasteiger partial charge in [-0.15, -0.1) is 6.58 Å². The molecule has 3 N–H and O–H groups in total. The Morgan fingerprint density at radius 3 is 2.93 bits per heavy atom. The molecule has 28 heavy (non-hydrogen) atoms. The number of nitrogens with two attached hydrogens (primary N) is 1. The second-order valence-corrected chi connectivity index (χ2v) is 6.33. The molecule has 1 aliphatic rings. The molecule has 2 aromatic rings. The van der Waals surface area contributed by atoms with E-state index in [0.717, 1.165) is 12.5 Å². The van der Waals surface area contributed by atoms with Crippen molar-refractivity contribution in [3.8, 4) is 17.1 Å². The maximum atomic E-state index is 13.4. The standard InChI is InChI=1S/C18H20F3N5O2/c1-2-3-9-27-14-7-6-11(10-12(14)18(19,20)21)15-24-16(28-25-15)13-5-4-8-26(13)17(22)23/h2,6-7,10,13H,1,3-5,8-9H2,(H3,22,23)/t13-/m0/s1. The Morgan fingerprint density at radius 2 is 2.25 bits per heavy atom. The minimum absolute atomic E-state index is 0.0357. The molecule has 1 aromatic carbocycles. The second-order valence-electron chi connectivity index (χ2n) is 6.33. The highest BCUT2D eigenvalue weighted by molar-refractivity contribution is 5.75. The number of ether oxygens (including phenoxy) is 1. The second kappa shape index (κ2) is 7.91. The van der Waals surface area contributed by atoms with E-state index >= 15 is 0 Å². The van der Waals surface area contributed by atoms with Crippen LogP contribution in [0.15, 0.2) is 35.4 Å². The molecule has 0 aliphatic carbocycles. The number of hydrogen-bond donors (Lipinski definition) is 2. The lowest BCUT2D eigenvalue weighted by atomic mass is 10.1. The van der Waals surface area contributed by atoms with Gasteiger partial charge in [-0.25, -0.2) is 0 Å². The number of guanidine groups is 1. The lowest BCUT2D eigenvalue weighted by molar-refractivity contribution is -0.138. The number of likely N-dealkylation sites (tertiary alicyclic amines) is 1. The molecule has 1 fully saturated rings. The van der Waals surface area contributed by atoms with Crippen molar-refractivity contribution in [2.45, 2.75) is 31.5 Å². The third-order valence-electron chi connectivity index (χ3n) is 4.41. The summed E-state index contributed by atoms with van der Waals surface area (Å²) in [6.07, 6.45) is -1.12. The van der Waals surface area contributed by atoms with Gasteiger partial charge in [-0.2, -0.15) is 18.2 Å². The molecule has 150 valence electrons. The molecular weight excluding hydrogens is 375 g/mol. The van der Waals surface area contributed by atoms with E-state index in [1.807, 2.05) is 0 Å². The monoisotopic (exact) mass is 395 g/mol. The summed E-state index contributed by atoms with van der Waals surface area (Å²) >= 11 is 0. The molecule has 0 bridgehead atoms. The molecule has 0 unspecified atom stereocenters. The fraction of sp³-hybridized carbons (Fsp3) is 0.389. The normalized spacial score (nSPS) is 17.0. The predicted octanol–water partition coefficient (Wildman–Crippen LogP) is 3.74. The largest absolute Gasteiger partial charge is 0.493 e. The van der Waals surface area contributed by atoms with Crippen molar-refractivity contribution in [1.82, 2.24) is 15.0 Å². The Kier molecular flexibility index (Phi) is 5.57. The molecule has 10 heteroatoms. The Labute approximate surface area is 159 Å². The van der Waals surface area contributed by atoms with Crippen molar-refractivity contribution in [1.29, 1.82) is 5.41 Å². The van der Waals surface area contributed by atoms with E-state index in [1.165, 1.54) is 12.1 Å². The molecule has 2 heterocycles. The van der Waals surface area contributed by atoms with Crippen molar-refractivity contribution in [3.05, 3.63) is 42.3 Å². The average molecular weight is 395 g/mol. The van der Waals surface area contributed by atoms with Gasteiger partial charge in [0.15, 0.2) is 5.96 Å². The maximum absolute atomic E-state index is 13.4. The van der Waals surface area contributed by atoms with Crippen molar-refractivity contribution in [2.75, 3.05) is 13.2 Å². The van der Waals surface area contributed by atoms with Crippen LogP contribution in [0.25, 0.3) is 11.4 Å². The van der Waals surface area contributed by atoms with Crippen LogP contribution in [-0.4, -0.2) is 34.2 Å². The summed E-state index contributed by atoms with van der Waals surface area (Å²) in [5, 5.41) is 11.4. The van der Waals surface area contributed by atoms with E-state index in [1.54, 1.807) is 11.0 Å². The van der Waals surface area contributed by atoms with Gasteiger partial charge in [0, 0.05) is 12.1 Å². The Hall–Kier alpha value is -3.04. The lowest BCUT2D eigenvalue weighted by Crippen LogP contribution is -2.35. The number of benzene rings is 1. The smallest absolute Gasteiger partial charge is 0.419 e. The van der Waals surface area contributed by atoms with Crippen LogP contribution >= 0.6 is 0 Å². The fourth-order valence-electron chi connectivity index (χ4n) is 3.07. The molecule has 3 rings (SSSR count). The Balaban J connectivity index is 1.89. The first kappa shape index (κ1) is 19.7. The van der Waals surface area contributed by atoms with E-state index in [-0.39, 0.29) is 41.6 Å². The third kappa shape index (κ3) is 4.10. The molecule has 0 spiro atoms. The zero-order chi connectivity index (χ0) is 20.3. The topological polar surface area (TPSA) is 101 Å². The van der Waals surface area contributed by atoms with Crippen molar-refractivity contribution in [3.63, 3.8) is 0 Å². The van der Waals surface area contributed by atoms with Gasteiger partial charge in [0.25, 0.3) is 0 Å². The van der Waals surface area contributed by atoms with Gasteiger partial charge in [-0.1, -0.05) is 11.2 Å². The molecule has 0 saturated carbocycles. The zero-order valence-corrected chi connectivity index (χ0v) is 15.0. The first-order valence-electron chi connectivity index (χ1n) is 8.71. The van der Waals surface area contributed by atoms with Gasteiger partial charge in [0.2, 0.25) is 11.7 Å². The van der Waals surface area contributed by atoms with Crippen LogP contribution in [0.1, 0.15) is 36.8 Å². The Bertz CT molecular complexity index is 865. The van der Waals surface area contributed by atoms with Crippen LogP contribution in [0.5, 0.6) is 5.75 Å². The van der Waals surface area contributed by atoms with Crippen LogP contribution in [0, 0.1) is 5.41 Å². The number of nitrogens with one attached hydrogen (secondary N) is 1. The van der Waals surface area contributed by atoms with Gasteiger partial charge in [0.1, 0.15) is 11.8 Å². The summed E-state index contributed by atoms with van der Waals surface area (Å²) in [6.45, 7) is 4.20. The van der Waals surface area contributed by atoms with Gasteiger partial charge in [-0.3, -0.25) is 5.41 Å². The summed E-state index contributed by atoms with van der Waals surface area (Å²) in [6, 6.07) is 3.29. The molecule has 7 nitrogen and oxygen atoms in total. The van der Waals surface area contributed by atoms with E-state index < -0.39 is 11.7 Å². The number of nitrogens with zero attached hydrogens (tertiary/aromatic N) is 3. The van der Waals surface area contributed by atoms with Gasteiger partial charge < -0.3 is 19.9 Å². The molecule has 0 radical (unpaired) electrons. The quantitative estimate of drug-likeness (QED) is 0.334. The molecule has 1 saturated heterocycles. The fourth-order valence-corrected chi connectivity index (χ4v) is 3.07. The summed E-state index contributed by atoms with van der Waals surface area (Å²) in [7, 11) is 0. The minimum Gasteiger partial charge on any atom is -0.493 e. The summed E-state index contributed by atoms with van der Waals surface area (Å²) in [4.78, 5) is 5.85. The van der Waals surface area contributed by atoms with Gasteiger partial charge >= 0.3 is 6.18 Å². The third-order valence-corrected chi connectivity index (χ3v) is 4.41. The van der Waals surface area contributed by atoms with Crippen LogP contribution < -0.4 is 10.5 Å². The summed E-state index contributed by atoms with van der Waals surface area (Å²) in [5.74, 6) is -0.112. The maximum Gasteiger partial charge on any atom is 0.419 e. The minimum atomic E-state index is -4.59. The number of hydrogen-bond acceptors (Lipinski definition) is 5. The van der Waals surface area contributed by atoms with Crippen molar-refractivity contribution >= 4 is 5.96 Å². The van der Waals surface area contributed by atoms with E-state index in [0.29, 0.717) is 19.4 Å². The van der Waals surface area contributed by atoms with Crippen LogP contribution in [0.2, 0.25) is 0 Å². The number of alkyl halides is 3. The first-order chi connectivity index (χ1) is 13.3. The van der Waals surface area contributed by atoms with Crippen LogP contribution in [-0.2, 0) is 6.18 Å². The van der Waals surface area contributed by atoms with Crippen molar-refractivity contribution < 1.29 is 22.4 Å². The lowest BCUT2D eigenvalue weighted by Gasteiger charge is -2.21. The number of rotatable bonds is 6. The van der Waals surface area contributed by atoms with Crippen molar-refractivity contribution in [2.24, 2.45) is 5.73 Å². The average Bonchev–Trinajstić information content (AvgIpc) is 3.30. The molecule has 1 aliphatic heterocycles. The van der Waals surface area contributed by atoms with Crippen LogP contribution in [0.3, 0.4) is 0 Å². The summed E-state index contributed by atoms with van der Waals surface area (Å²) < 4.78 is 50.8. The van der Waals surface area contributed by atoms with E-state index in [9.17, 15) is 13.2 Å². The molecular formula is C18H20F3N5O2. The Morgan fingerprint density at radius 1 is 1.46 bits per heavy atom. The predicted molar refractivity (Wildman–Crippen MR) is 95.6 cm³/mol. The highest BCUT2D eigenvalue weighted by Crippen LogP contribution is 2.39. The molecule has 0 amide bonds. The highest BCUT2D eigenvalue weighted by atomic mass is 19.4. The zero-order valence-electron chi connectivity index (χ0n) is 15.0. The van der Waals surface area contributed by atoms with Gasteiger partial charge in [-0.05, 0) is 37.5 Å². The van der Waals surface area contributed by atoms with Crippen LogP contribution in [0.4, 0.5) is 13.2 Å². The molecule has 1 atom stereocenters. The number of aromatic nitrogens is 2. The van der Waals surface area contributed by atoms with Gasteiger partial charge in [0.05, 0.1) is 12.2 Å². The highest BCUT2D eigenvalue weighted by Gasteiger charge is 2.36. The van der Waals surface area contributed by atoms with E-state index in [4.69, 9.17) is 20.4 Å². The molecule has 1 aromatic heterocycles.